The Bertz CT molecular complexity index is 649. The zero-order valence-corrected chi connectivity index (χ0v) is 13.1. The van der Waals surface area contributed by atoms with Crippen molar-refractivity contribution in [1.29, 1.82) is 0 Å². The molecule has 6 nitrogen and oxygen atoms in total. The average Bonchev–Trinajstić information content (AvgIpc) is 2.38. The fourth-order valence-electron chi connectivity index (χ4n) is 2.03. The van der Waals surface area contributed by atoms with E-state index in [1.54, 1.807) is 13.8 Å². The number of nitro groups is 1. The molecule has 0 heterocycles. The lowest BCUT2D eigenvalue weighted by atomic mass is 9.93. The predicted molar refractivity (Wildman–Crippen MR) is 76.3 cm³/mol. The third kappa shape index (κ3) is 3.16. The molecule has 1 rings (SSSR count). The first-order chi connectivity index (χ1) is 9.12. The largest absolute Gasteiger partial charge is 0.278 e. The van der Waals surface area contributed by atoms with E-state index in [9.17, 15) is 18.5 Å². The third-order valence-corrected chi connectivity index (χ3v) is 4.88. The van der Waals surface area contributed by atoms with Gasteiger partial charge in [-0.3, -0.25) is 14.3 Å². The van der Waals surface area contributed by atoms with Crippen molar-refractivity contribution in [3.8, 4) is 0 Å². The van der Waals surface area contributed by atoms with Gasteiger partial charge in [-0.05, 0) is 51.3 Å². The van der Waals surface area contributed by atoms with Crippen LogP contribution in [0.4, 0.5) is 5.69 Å². The zero-order chi connectivity index (χ0) is 15.7. The summed E-state index contributed by atoms with van der Waals surface area (Å²) in [6.45, 7) is 8.24. The van der Waals surface area contributed by atoms with Crippen LogP contribution in [-0.4, -0.2) is 19.1 Å². The Morgan fingerprint density at radius 2 is 1.55 bits per heavy atom. The van der Waals surface area contributed by atoms with Crippen molar-refractivity contribution in [2.24, 2.45) is 0 Å². The summed E-state index contributed by atoms with van der Waals surface area (Å²) < 4.78 is 27.7. The van der Waals surface area contributed by atoms with Gasteiger partial charge >= 0.3 is 0 Å². The molecule has 0 bridgehead atoms. The van der Waals surface area contributed by atoms with Crippen molar-refractivity contribution in [1.82, 2.24) is 0 Å². The van der Waals surface area contributed by atoms with Crippen LogP contribution in [0.25, 0.3) is 0 Å². The summed E-state index contributed by atoms with van der Waals surface area (Å²) in [5, 5.41) is 11.3. The van der Waals surface area contributed by atoms with E-state index in [0.717, 1.165) is 11.1 Å². The van der Waals surface area contributed by atoms with Gasteiger partial charge in [-0.1, -0.05) is 0 Å². The number of hydrogen-bond donors (Lipinski definition) is 0. The van der Waals surface area contributed by atoms with Gasteiger partial charge in [0.25, 0.3) is 15.8 Å². The van der Waals surface area contributed by atoms with Crippen molar-refractivity contribution in [2.45, 2.75) is 41.2 Å². The fraction of sp³-hybridized carbons (Fsp3) is 0.538. The summed E-state index contributed by atoms with van der Waals surface area (Å²) in [6.07, 6.45) is 0. The maximum Gasteiger partial charge on any atom is 0.278 e. The number of rotatable bonds is 5. The van der Waals surface area contributed by atoms with Crippen LogP contribution in [0.3, 0.4) is 0 Å². The summed E-state index contributed by atoms with van der Waals surface area (Å²) in [4.78, 5) is 10.8. The molecule has 0 saturated carbocycles. The van der Waals surface area contributed by atoms with Crippen LogP contribution >= 0.6 is 0 Å². The molecule has 20 heavy (non-hydrogen) atoms. The van der Waals surface area contributed by atoms with Gasteiger partial charge in [-0.15, -0.1) is 0 Å². The minimum Gasteiger partial charge on any atom is -0.265 e. The van der Waals surface area contributed by atoms with Crippen LogP contribution < -0.4 is 0 Å². The predicted octanol–water partition coefficient (Wildman–Crippen LogP) is 2.69. The molecule has 0 aromatic heterocycles. The van der Waals surface area contributed by atoms with Crippen molar-refractivity contribution in [3.63, 3.8) is 0 Å². The Kier molecular flexibility index (Phi) is 4.88. The van der Waals surface area contributed by atoms with E-state index < -0.39 is 15.0 Å². The molecule has 0 amide bonds. The smallest absolute Gasteiger partial charge is 0.265 e. The van der Waals surface area contributed by atoms with E-state index in [4.69, 9.17) is 4.18 Å². The van der Waals surface area contributed by atoms with E-state index in [-0.39, 0.29) is 18.0 Å². The molecule has 7 heteroatoms. The molecular weight excluding hydrogens is 282 g/mol. The lowest BCUT2D eigenvalue weighted by Crippen LogP contribution is -2.12. The first-order valence-corrected chi connectivity index (χ1v) is 7.80. The molecule has 0 aliphatic rings. The van der Waals surface area contributed by atoms with E-state index in [1.807, 2.05) is 13.8 Å². The van der Waals surface area contributed by atoms with Crippen molar-refractivity contribution in [2.75, 3.05) is 5.75 Å². The summed E-state index contributed by atoms with van der Waals surface area (Å²) in [5.74, 6) is -0.163. The Balaban J connectivity index is 3.41. The van der Waals surface area contributed by atoms with Crippen LogP contribution in [0.15, 0.2) is 0 Å². The highest BCUT2D eigenvalue weighted by molar-refractivity contribution is 7.86. The molecule has 0 saturated heterocycles. The average molecular weight is 301 g/mol. The SMILES string of the molecule is CCS(=O)(=O)OCc1c(C)c(C)c(C)c(C)c1[N+](=O)[O-]. The molecule has 0 N–H and O–H groups in total. The molecule has 1 aromatic rings. The summed E-state index contributed by atoms with van der Waals surface area (Å²) in [5.41, 5.74) is 3.28. The number of benzene rings is 1. The molecule has 0 spiro atoms. The highest BCUT2D eigenvalue weighted by Gasteiger charge is 2.25. The van der Waals surface area contributed by atoms with Crippen LogP contribution in [0, 0.1) is 37.8 Å². The van der Waals surface area contributed by atoms with Crippen molar-refractivity contribution in [3.05, 3.63) is 37.9 Å². The number of hydrogen-bond acceptors (Lipinski definition) is 5. The molecule has 0 aliphatic heterocycles. The van der Waals surface area contributed by atoms with Gasteiger partial charge in [0, 0.05) is 5.56 Å². The topological polar surface area (TPSA) is 86.5 Å². The van der Waals surface area contributed by atoms with Crippen molar-refractivity contribution >= 4 is 15.8 Å². The van der Waals surface area contributed by atoms with E-state index in [0.29, 0.717) is 16.7 Å². The van der Waals surface area contributed by atoms with Gasteiger partial charge < -0.3 is 0 Å². The summed E-state index contributed by atoms with van der Waals surface area (Å²) in [7, 11) is -3.64. The Labute approximate surface area is 119 Å². The first-order valence-electron chi connectivity index (χ1n) is 6.23. The lowest BCUT2D eigenvalue weighted by Gasteiger charge is -2.15. The van der Waals surface area contributed by atoms with Gasteiger partial charge in [0.1, 0.15) is 0 Å². The van der Waals surface area contributed by atoms with Crippen LogP contribution in [0.1, 0.15) is 34.7 Å². The van der Waals surface area contributed by atoms with E-state index in [1.165, 1.54) is 6.92 Å². The first kappa shape index (κ1) is 16.6. The maximum absolute atomic E-state index is 11.4. The normalized spacial score (nSPS) is 11.7. The van der Waals surface area contributed by atoms with Gasteiger partial charge in [0.2, 0.25) is 0 Å². The zero-order valence-electron chi connectivity index (χ0n) is 12.3. The second-order valence-electron chi connectivity index (χ2n) is 4.69. The quantitative estimate of drug-likeness (QED) is 0.474. The molecule has 1 aromatic carbocycles. The summed E-state index contributed by atoms with van der Waals surface area (Å²) in [6, 6.07) is 0. The molecule has 0 unspecified atom stereocenters. The molecule has 112 valence electrons. The Hall–Kier alpha value is -1.47. The number of nitrogens with zero attached hydrogens (tertiary/aromatic N) is 1. The third-order valence-electron chi connectivity index (χ3n) is 3.70. The van der Waals surface area contributed by atoms with Crippen LogP contribution in [0.2, 0.25) is 0 Å². The lowest BCUT2D eigenvalue weighted by molar-refractivity contribution is -0.386. The van der Waals surface area contributed by atoms with Crippen LogP contribution in [0.5, 0.6) is 0 Å². The molecule has 0 radical (unpaired) electrons. The standard InChI is InChI=1S/C13H19NO5S/c1-6-20(17,18)19-7-12-10(4)8(2)9(3)11(5)13(12)14(15)16/h6-7H2,1-5H3. The number of nitro benzene ring substituents is 1. The minimum absolute atomic E-state index is 0.0584. The Morgan fingerprint density at radius 1 is 1.05 bits per heavy atom. The fourth-order valence-corrected chi connectivity index (χ4v) is 2.49. The van der Waals surface area contributed by atoms with E-state index >= 15 is 0 Å². The molecule has 0 atom stereocenters. The summed E-state index contributed by atoms with van der Waals surface area (Å²) >= 11 is 0. The van der Waals surface area contributed by atoms with Crippen LogP contribution in [-0.2, 0) is 20.9 Å². The minimum atomic E-state index is -3.64. The maximum atomic E-state index is 11.4. The van der Waals surface area contributed by atoms with Gasteiger partial charge in [-0.2, -0.15) is 8.42 Å². The Morgan fingerprint density at radius 3 is 2.00 bits per heavy atom. The van der Waals surface area contributed by atoms with Gasteiger partial charge in [0.05, 0.1) is 22.8 Å². The van der Waals surface area contributed by atoms with Crippen molar-refractivity contribution < 1.29 is 17.5 Å². The van der Waals surface area contributed by atoms with Gasteiger partial charge in [-0.25, -0.2) is 0 Å². The second-order valence-corrected chi connectivity index (χ2v) is 6.62. The van der Waals surface area contributed by atoms with Gasteiger partial charge in [0.15, 0.2) is 0 Å². The highest BCUT2D eigenvalue weighted by Crippen LogP contribution is 2.33. The molecular formula is C13H19NO5S. The van der Waals surface area contributed by atoms with E-state index in [2.05, 4.69) is 0 Å². The molecule has 0 fully saturated rings. The second kappa shape index (κ2) is 5.88. The molecule has 0 aliphatic carbocycles. The highest BCUT2D eigenvalue weighted by atomic mass is 32.2. The monoisotopic (exact) mass is 301 g/mol.